The molecule has 2 aliphatic heterocycles. The van der Waals surface area contributed by atoms with Crippen molar-refractivity contribution in [3.8, 4) is 0 Å². The van der Waals surface area contributed by atoms with Crippen molar-refractivity contribution in [3.63, 3.8) is 0 Å². The Balaban J connectivity index is 1.66. The van der Waals surface area contributed by atoms with Crippen LogP contribution in [0.3, 0.4) is 0 Å². The van der Waals surface area contributed by atoms with E-state index in [-0.39, 0.29) is 0 Å². The zero-order valence-corrected chi connectivity index (χ0v) is 8.18. The van der Waals surface area contributed by atoms with E-state index in [0.29, 0.717) is 0 Å². The minimum atomic E-state index is 0.936. The van der Waals surface area contributed by atoms with Gasteiger partial charge < -0.3 is 10.6 Å². The van der Waals surface area contributed by atoms with Crippen LogP contribution in [0.1, 0.15) is 25.7 Å². The van der Waals surface area contributed by atoms with Gasteiger partial charge in [-0.2, -0.15) is 0 Å². The second-order valence-corrected chi connectivity index (χ2v) is 3.99. The zero-order chi connectivity index (χ0) is 8.93. The first-order valence-electron chi connectivity index (χ1n) is 5.43. The van der Waals surface area contributed by atoms with Crippen molar-refractivity contribution in [1.82, 2.24) is 10.6 Å². The number of nitrogens with zero attached hydrogens (tertiary/aromatic N) is 1. The molecular formula is C10H19N3. The first kappa shape index (κ1) is 9.00. The van der Waals surface area contributed by atoms with Crippen molar-refractivity contribution in [2.45, 2.75) is 25.7 Å². The van der Waals surface area contributed by atoms with Crippen LogP contribution in [0.2, 0.25) is 0 Å². The topological polar surface area (TPSA) is 36.4 Å². The fourth-order valence-corrected chi connectivity index (χ4v) is 2.13. The Hall–Kier alpha value is -0.570. The largest absolute Gasteiger partial charge is 0.372 e. The molecular weight excluding hydrogens is 162 g/mol. The summed E-state index contributed by atoms with van der Waals surface area (Å²) in [7, 11) is 0. The number of aliphatic imine (C=N–C) groups is 1. The molecule has 0 aliphatic carbocycles. The van der Waals surface area contributed by atoms with Crippen molar-refractivity contribution >= 4 is 5.84 Å². The average Bonchev–Trinajstić information content (AvgIpc) is 2.69. The van der Waals surface area contributed by atoms with Gasteiger partial charge >= 0.3 is 0 Å². The van der Waals surface area contributed by atoms with Gasteiger partial charge in [-0.1, -0.05) is 0 Å². The lowest BCUT2D eigenvalue weighted by Gasteiger charge is -2.22. The van der Waals surface area contributed by atoms with Crippen molar-refractivity contribution in [2.24, 2.45) is 10.9 Å². The van der Waals surface area contributed by atoms with Gasteiger partial charge in [-0.25, -0.2) is 0 Å². The van der Waals surface area contributed by atoms with Gasteiger partial charge in [0, 0.05) is 13.0 Å². The molecule has 2 rings (SSSR count). The van der Waals surface area contributed by atoms with Crippen molar-refractivity contribution < 1.29 is 0 Å². The molecule has 0 saturated carbocycles. The minimum Gasteiger partial charge on any atom is -0.372 e. The first-order chi connectivity index (χ1) is 6.45. The van der Waals surface area contributed by atoms with Crippen LogP contribution in [0, 0.1) is 5.92 Å². The van der Waals surface area contributed by atoms with Gasteiger partial charge in [0.2, 0.25) is 0 Å². The summed E-state index contributed by atoms with van der Waals surface area (Å²) in [6.45, 7) is 4.47. The van der Waals surface area contributed by atoms with Crippen LogP contribution in [-0.2, 0) is 0 Å². The van der Waals surface area contributed by atoms with Crippen LogP contribution in [0.25, 0.3) is 0 Å². The van der Waals surface area contributed by atoms with Crippen LogP contribution in [-0.4, -0.2) is 32.0 Å². The maximum absolute atomic E-state index is 4.41. The molecule has 0 unspecified atom stereocenters. The molecule has 2 N–H and O–H groups in total. The van der Waals surface area contributed by atoms with Gasteiger partial charge in [0.1, 0.15) is 0 Å². The van der Waals surface area contributed by atoms with Crippen molar-refractivity contribution in [1.29, 1.82) is 0 Å². The van der Waals surface area contributed by atoms with E-state index in [1.807, 2.05) is 0 Å². The fourth-order valence-electron chi connectivity index (χ4n) is 2.13. The average molecular weight is 181 g/mol. The van der Waals surface area contributed by atoms with E-state index in [1.54, 1.807) is 0 Å². The SMILES string of the molecule is C1CNC(CCC2CCNCC2)=N1. The summed E-state index contributed by atoms with van der Waals surface area (Å²) in [5.41, 5.74) is 0. The summed E-state index contributed by atoms with van der Waals surface area (Å²) in [4.78, 5) is 4.41. The molecule has 74 valence electrons. The van der Waals surface area contributed by atoms with E-state index in [9.17, 15) is 0 Å². The van der Waals surface area contributed by atoms with Gasteiger partial charge in [0.25, 0.3) is 0 Å². The zero-order valence-electron chi connectivity index (χ0n) is 8.18. The number of nitrogens with one attached hydrogen (secondary N) is 2. The summed E-state index contributed by atoms with van der Waals surface area (Å²) < 4.78 is 0. The molecule has 0 spiro atoms. The highest BCUT2D eigenvalue weighted by molar-refractivity contribution is 5.83. The molecule has 3 nitrogen and oxygen atoms in total. The maximum Gasteiger partial charge on any atom is 0.0964 e. The Morgan fingerprint density at radius 1 is 1.23 bits per heavy atom. The highest BCUT2D eigenvalue weighted by Crippen LogP contribution is 2.17. The Bertz CT molecular complexity index is 183. The molecule has 2 aliphatic rings. The van der Waals surface area contributed by atoms with E-state index in [4.69, 9.17) is 0 Å². The van der Waals surface area contributed by atoms with Crippen molar-refractivity contribution in [3.05, 3.63) is 0 Å². The number of rotatable bonds is 3. The first-order valence-corrected chi connectivity index (χ1v) is 5.43. The van der Waals surface area contributed by atoms with Crippen molar-refractivity contribution in [2.75, 3.05) is 26.2 Å². The normalized spacial score (nSPS) is 24.2. The molecule has 3 heteroatoms. The summed E-state index contributed by atoms with van der Waals surface area (Å²) in [5.74, 6) is 2.19. The highest BCUT2D eigenvalue weighted by atomic mass is 15.1. The maximum atomic E-state index is 4.41. The third kappa shape index (κ3) is 2.69. The third-order valence-corrected chi connectivity index (χ3v) is 2.99. The Kier molecular flexibility index (Phi) is 3.19. The molecule has 1 saturated heterocycles. The predicted molar refractivity (Wildman–Crippen MR) is 55.1 cm³/mol. The van der Waals surface area contributed by atoms with Crippen LogP contribution in [0.15, 0.2) is 4.99 Å². The summed E-state index contributed by atoms with van der Waals surface area (Å²) in [5, 5.41) is 6.73. The second-order valence-electron chi connectivity index (χ2n) is 3.99. The van der Waals surface area contributed by atoms with E-state index in [2.05, 4.69) is 15.6 Å². The lowest BCUT2D eigenvalue weighted by Crippen LogP contribution is -2.28. The van der Waals surface area contributed by atoms with Gasteiger partial charge in [-0.05, 0) is 38.3 Å². The standard InChI is InChI=1S/C10H19N3/c1(2-10-12-7-8-13-10)9-3-5-11-6-4-9/h9,11H,1-8H2,(H,12,13). The van der Waals surface area contributed by atoms with Gasteiger partial charge in [-0.15, -0.1) is 0 Å². The molecule has 2 heterocycles. The molecule has 1 fully saturated rings. The third-order valence-electron chi connectivity index (χ3n) is 2.99. The van der Waals surface area contributed by atoms with E-state index >= 15 is 0 Å². The summed E-state index contributed by atoms with van der Waals surface area (Å²) in [6, 6.07) is 0. The highest BCUT2D eigenvalue weighted by Gasteiger charge is 2.14. The monoisotopic (exact) mass is 181 g/mol. The van der Waals surface area contributed by atoms with Gasteiger partial charge in [0.05, 0.1) is 12.4 Å². The van der Waals surface area contributed by atoms with Crippen LogP contribution in [0.4, 0.5) is 0 Å². The van der Waals surface area contributed by atoms with Crippen LogP contribution >= 0.6 is 0 Å². The number of amidine groups is 1. The summed E-state index contributed by atoms with van der Waals surface area (Å²) >= 11 is 0. The molecule has 0 aromatic heterocycles. The van der Waals surface area contributed by atoms with E-state index < -0.39 is 0 Å². The number of hydrogen-bond donors (Lipinski definition) is 2. The van der Waals surface area contributed by atoms with Crippen LogP contribution < -0.4 is 10.6 Å². The van der Waals surface area contributed by atoms with Gasteiger partial charge in [-0.3, -0.25) is 4.99 Å². The summed E-state index contributed by atoms with van der Waals surface area (Å²) in [6.07, 6.45) is 5.21. The molecule has 0 bridgehead atoms. The molecule has 0 aromatic carbocycles. The quantitative estimate of drug-likeness (QED) is 0.674. The van der Waals surface area contributed by atoms with Crippen LogP contribution in [0.5, 0.6) is 0 Å². The Labute approximate surface area is 80.0 Å². The number of piperidine rings is 1. The lowest BCUT2D eigenvalue weighted by molar-refractivity contribution is 0.358. The lowest BCUT2D eigenvalue weighted by atomic mass is 9.93. The molecule has 0 radical (unpaired) electrons. The fraction of sp³-hybridized carbons (Fsp3) is 0.900. The molecule has 0 aromatic rings. The van der Waals surface area contributed by atoms with Gasteiger partial charge in [0.15, 0.2) is 0 Å². The smallest absolute Gasteiger partial charge is 0.0964 e. The Morgan fingerprint density at radius 2 is 2.08 bits per heavy atom. The number of hydrogen-bond acceptors (Lipinski definition) is 3. The van der Waals surface area contributed by atoms with E-state index in [0.717, 1.165) is 19.0 Å². The molecule has 0 amide bonds. The molecule has 0 atom stereocenters. The Morgan fingerprint density at radius 3 is 2.77 bits per heavy atom. The minimum absolute atomic E-state index is 0.936. The molecule has 13 heavy (non-hydrogen) atoms. The van der Waals surface area contributed by atoms with E-state index in [1.165, 1.54) is 44.6 Å². The second kappa shape index (κ2) is 4.61. The predicted octanol–water partition coefficient (Wildman–Crippen LogP) is 0.768.